The lowest BCUT2D eigenvalue weighted by atomic mass is 10.1. The Morgan fingerprint density at radius 2 is 1.65 bits per heavy atom. The standard InChI is InChI=1S/C27H30N4O3/c1-20(23-7-3-5-9-25(23)32)28-29-27(33)22-13-11-21(12-14-22)19-30-15-17-31(18-16-30)24-8-4-6-10-26(24)34-2/h3-14,32H,15-19H2,1-2H3,(H,29,33)/b28-20-. The predicted octanol–water partition coefficient (Wildman–Crippen LogP) is 3.88. The van der Waals surface area contributed by atoms with E-state index in [1.165, 1.54) is 0 Å². The number of amides is 1. The van der Waals surface area contributed by atoms with Gasteiger partial charge in [0, 0.05) is 43.9 Å². The van der Waals surface area contributed by atoms with Crippen LogP contribution in [0.4, 0.5) is 5.69 Å². The van der Waals surface area contributed by atoms with Gasteiger partial charge < -0.3 is 14.7 Å². The fourth-order valence-corrected chi connectivity index (χ4v) is 4.10. The van der Waals surface area contributed by atoms with E-state index in [-0.39, 0.29) is 11.7 Å². The minimum atomic E-state index is -0.285. The minimum absolute atomic E-state index is 0.131. The first-order valence-electron chi connectivity index (χ1n) is 11.4. The van der Waals surface area contributed by atoms with Crippen LogP contribution in [0.3, 0.4) is 0 Å². The summed E-state index contributed by atoms with van der Waals surface area (Å²) in [5.41, 5.74) is 6.53. The number of benzene rings is 3. The number of rotatable bonds is 7. The summed E-state index contributed by atoms with van der Waals surface area (Å²) in [5.74, 6) is 0.753. The molecule has 0 atom stereocenters. The first kappa shape index (κ1) is 23.3. The average molecular weight is 459 g/mol. The molecule has 7 nitrogen and oxygen atoms in total. The zero-order valence-corrected chi connectivity index (χ0v) is 19.6. The highest BCUT2D eigenvalue weighted by Crippen LogP contribution is 2.28. The first-order chi connectivity index (χ1) is 16.5. The van der Waals surface area contributed by atoms with E-state index in [2.05, 4.69) is 26.4 Å². The highest BCUT2D eigenvalue weighted by Gasteiger charge is 2.19. The molecule has 0 saturated carbocycles. The number of phenolic OH excluding ortho intramolecular Hbond substituents is 1. The van der Waals surface area contributed by atoms with Gasteiger partial charge in [0.2, 0.25) is 0 Å². The number of para-hydroxylation sites is 3. The molecule has 1 saturated heterocycles. The molecular formula is C27H30N4O3. The number of carbonyl (C=O) groups excluding carboxylic acids is 1. The Labute approximate surface area is 200 Å². The largest absolute Gasteiger partial charge is 0.507 e. The molecule has 1 heterocycles. The molecule has 0 bridgehead atoms. The van der Waals surface area contributed by atoms with Gasteiger partial charge in [-0.1, -0.05) is 36.4 Å². The van der Waals surface area contributed by atoms with Gasteiger partial charge in [-0.25, -0.2) is 5.43 Å². The van der Waals surface area contributed by atoms with Crippen molar-refractivity contribution in [2.24, 2.45) is 5.10 Å². The van der Waals surface area contributed by atoms with Gasteiger partial charge >= 0.3 is 0 Å². The summed E-state index contributed by atoms with van der Waals surface area (Å²) in [6.07, 6.45) is 0. The van der Waals surface area contributed by atoms with Gasteiger partial charge in [-0.2, -0.15) is 5.10 Å². The maximum Gasteiger partial charge on any atom is 0.271 e. The van der Waals surface area contributed by atoms with Crippen LogP contribution >= 0.6 is 0 Å². The summed E-state index contributed by atoms with van der Waals surface area (Å²) < 4.78 is 5.50. The van der Waals surface area contributed by atoms with Gasteiger partial charge in [-0.05, 0) is 48.9 Å². The van der Waals surface area contributed by atoms with Gasteiger partial charge in [0.25, 0.3) is 5.91 Å². The molecule has 34 heavy (non-hydrogen) atoms. The second-order valence-corrected chi connectivity index (χ2v) is 8.29. The second kappa shape index (κ2) is 10.9. The average Bonchev–Trinajstić information content (AvgIpc) is 2.88. The van der Waals surface area contributed by atoms with Gasteiger partial charge in [0.15, 0.2) is 0 Å². The molecule has 0 unspecified atom stereocenters. The van der Waals surface area contributed by atoms with Crippen molar-refractivity contribution >= 4 is 17.3 Å². The third-order valence-corrected chi connectivity index (χ3v) is 6.04. The summed E-state index contributed by atoms with van der Waals surface area (Å²) in [7, 11) is 1.71. The van der Waals surface area contributed by atoms with Gasteiger partial charge in [-0.3, -0.25) is 9.69 Å². The van der Waals surface area contributed by atoms with Crippen molar-refractivity contribution in [1.29, 1.82) is 0 Å². The molecule has 3 aromatic rings. The van der Waals surface area contributed by atoms with Crippen molar-refractivity contribution in [3.8, 4) is 11.5 Å². The fraction of sp³-hybridized carbons (Fsp3) is 0.259. The van der Waals surface area contributed by atoms with Gasteiger partial charge in [0.1, 0.15) is 11.5 Å². The normalized spacial score (nSPS) is 14.6. The highest BCUT2D eigenvalue weighted by atomic mass is 16.5. The Hall–Kier alpha value is -3.84. The van der Waals surface area contributed by atoms with Crippen LogP contribution in [-0.2, 0) is 6.54 Å². The van der Waals surface area contributed by atoms with Crippen molar-refractivity contribution in [2.75, 3.05) is 38.2 Å². The quantitative estimate of drug-likeness (QED) is 0.415. The number of ether oxygens (including phenoxy) is 1. The Morgan fingerprint density at radius 1 is 0.971 bits per heavy atom. The number of hydrazone groups is 1. The van der Waals surface area contributed by atoms with E-state index < -0.39 is 0 Å². The van der Waals surface area contributed by atoms with Crippen LogP contribution in [0.2, 0.25) is 0 Å². The van der Waals surface area contributed by atoms with Crippen molar-refractivity contribution in [3.05, 3.63) is 89.5 Å². The third-order valence-electron chi connectivity index (χ3n) is 6.04. The summed E-state index contributed by atoms with van der Waals surface area (Å²) in [6, 6.07) is 22.6. The Bertz CT molecular complexity index is 1150. The molecule has 2 N–H and O–H groups in total. The number of anilines is 1. The Balaban J connectivity index is 1.30. The topological polar surface area (TPSA) is 77.4 Å². The molecule has 1 aliphatic heterocycles. The predicted molar refractivity (Wildman–Crippen MR) is 135 cm³/mol. The monoisotopic (exact) mass is 458 g/mol. The van der Waals surface area contributed by atoms with E-state index in [4.69, 9.17) is 4.74 Å². The van der Waals surface area contributed by atoms with Crippen LogP contribution in [0.25, 0.3) is 0 Å². The molecule has 0 aromatic heterocycles. The van der Waals surface area contributed by atoms with Crippen molar-refractivity contribution in [1.82, 2.24) is 10.3 Å². The summed E-state index contributed by atoms with van der Waals surface area (Å²) in [4.78, 5) is 17.3. The lowest BCUT2D eigenvalue weighted by molar-refractivity contribution is 0.0954. The summed E-state index contributed by atoms with van der Waals surface area (Å²) in [5, 5.41) is 14.0. The maximum absolute atomic E-state index is 12.5. The number of methoxy groups -OCH3 is 1. The lowest BCUT2D eigenvalue weighted by Crippen LogP contribution is -2.46. The van der Waals surface area contributed by atoms with Crippen LogP contribution in [-0.4, -0.2) is 54.9 Å². The number of phenols is 1. The molecule has 1 aliphatic rings. The van der Waals surface area contributed by atoms with Crippen LogP contribution in [0.1, 0.15) is 28.4 Å². The van der Waals surface area contributed by atoms with Crippen LogP contribution in [0.15, 0.2) is 77.9 Å². The Morgan fingerprint density at radius 3 is 2.35 bits per heavy atom. The molecular weight excluding hydrogens is 428 g/mol. The van der Waals surface area contributed by atoms with Crippen LogP contribution < -0.4 is 15.1 Å². The van der Waals surface area contributed by atoms with Crippen molar-refractivity contribution in [2.45, 2.75) is 13.5 Å². The number of aromatic hydroxyl groups is 1. The van der Waals surface area contributed by atoms with E-state index in [1.54, 1.807) is 32.2 Å². The van der Waals surface area contributed by atoms with E-state index >= 15 is 0 Å². The number of nitrogens with zero attached hydrogens (tertiary/aromatic N) is 3. The van der Waals surface area contributed by atoms with Crippen LogP contribution in [0, 0.1) is 0 Å². The van der Waals surface area contributed by atoms with Gasteiger partial charge in [0.05, 0.1) is 18.5 Å². The minimum Gasteiger partial charge on any atom is -0.507 e. The number of carbonyl (C=O) groups is 1. The zero-order valence-electron chi connectivity index (χ0n) is 19.6. The SMILES string of the molecule is COc1ccccc1N1CCN(Cc2ccc(C(=O)N/N=C(/C)c3ccccc3O)cc2)CC1. The fourth-order valence-electron chi connectivity index (χ4n) is 4.10. The Kier molecular flexibility index (Phi) is 7.44. The molecule has 4 rings (SSSR count). The molecule has 176 valence electrons. The smallest absolute Gasteiger partial charge is 0.271 e. The van der Waals surface area contributed by atoms with E-state index in [0.29, 0.717) is 16.8 Å². The van der Waals surface area contributed by atoms with Crippen LogP contribution in [0.5, 0.6) is 11.5 Å². The number of piperazine rings is 1. The number of hydrogen-bond donors (Lipinski definition) is 2. The van der Waals surface area contributed by atoms with E-state index in [9.17, 15) is 9.90 Å². The van der Waals surface area contributed by atoms with Crippen molar-refractivity contribution in [3.63, 3.8) is 0 Å². The first-order valence-corrected chi connectivity index (χ1v) is 11.4. The molecule has 3 aromatic carbocycles. The molecule has 7 heteroatoms. The summed E-state index contributed by atoms with van der Waals surface area (Å²) >= 11 is 0. The summed E-state index contributed by atoms with van der Waals surface area (Å²) in [6.45, 7) is 6.38. The van der Waals surface area contributed by atoms with Gasteiger partial charge in [-0.15, -0.1) is 0 Å². The maximum atomic E-state index is 12.5. The second-order valence-electron chi connectivity index (χ2n) is 8.29. The van der Waals surface area contributed by atoms with E-state index in [1.807, 2.05) is 48.5 Å². The molecule has 0 spiro atoms. The molecule has 1 amide bonds. The lowest BCUT2D eigenvalue weighted by Gasteiger charge is -2.36. The zero-order chi connectivity index (χ0) is 23.9. The molecule has 0 radical (unpaired) electrons. The highest BCUT2D eigenvalue weighted by molar-refractivity contribution is 6.02. The third kappa shape index (κ3) is 5.55. The molecule has 0 aliphatic carbocycles. The number of hydrogen-bond acceptors (Lipinski definition) is 6. The van der Waals surface area contributed by atoms with E-state index in [0.717, 1.165) is 49.7 Å². The molecule has 1 fully saturated rings. The van der Waals surface area contributed by atoms with Crippen molar-refractivity contribution < 1.29 is 14.6 Å². The number of nitrogens with one attached hydrogen (secondary N) is 1.